The molecule has 296 valence electrons. The van der Waals surface area contributed by atoms with E-state index in [1.807, 2.05) is 0 Å². The molecule has 6 N–H and O–H groups in total. The van der Waals surface area contributed by atoms with Gasteiger partial charge in [0.25, 0.3) is 0 Å². The van der Waals surface area contributed by atoms with E-state index < -0.39 is 36.1 Å². The number of nitrogens with one attached hydrogen (secondary N) is 2. The van der Waals surface area contributed by atoms with E-state index in [4.69, 9.17) is 19.7 Å². The molecule has 0 aromatic rings. The van der Waals surface area contributed by atoms with Crippen molar-refractivity contribution in [3.05, 3.63) is 0 Å². The first kappa shape index (κ1) is 49.5. The Morgan fingerprint density at radius 3 is 1.04 bits per heavy atom. The van der Waals surface area contributed by atoms with E-state index in [-0.39, 0.29) is 73.1 Å². The van der Waals surface area contributed by atoms with Gasteiger partial charge in [-0.05, 0) is 107 Å². The number of carboxylic acids is 4. The van der Waals surface area contributed by atoms with E-state index in [1.54, 1.807) is 0 Å². The molecule has 2 rings (SSSR count). The molecule has 0 aliphatic carbocycles. The molecule has 2 atom stereocenters. The van der Waals surface area contributed by atoms with E-state index >= 15 is 0 Å². The van der Waals surface area contributed by atoms with Gasteiger partial charge in [0.1, 0.15) is 0 Å². The molecule has 2 heterocycles. The summed E-state index contributed by atoms with van der Waals surface area (Å²) in [6.45, 7) is 17.0. The normalized spacial score (nSPS) is 20.5. The number of carbonyl (C=O) groups is 4. The van der Waals surface area contributed by atoms with Crippen molar-refractivity contribution in [3.8, 4) is 0 Å². The maximum Gasteiger partial charge on any atom is 2.00 e. The minimum Gasteiger partial charge on any atom is -1.00 e. The minimum absolute atomic E-state index is 0. The van der Waals surface area contributed by atoms with Crippen LogP contribution in [-0.2, 0) is 28.7 Å². The van der Waals surface area contributed by atoms with Gasteiger partial charge in [0.15, 0.2) is 12.2 Å². The number of rotatable bonds is 22. The third-order valence-electron chi connectivity index (χ3n) is 9.28. The predicted octanol–water partition coefficient (Wildman–Crippen LogP) is 7.01. The number of aliphatic carboxylic acids is 4. The number of hydrogen-bond donors (Lipinski definition) is 6. The molecular weight excluding hydrogens is 669 g/mol. The van der Waals surface area contributed by atoms with Gasteiger partial charge in [-0.15, -0.1) is 0 Å². The molecule has 2 saturated heterocycles. The molecule has 2 aliphatic heterocycles. The molecule has 0 aromatic carbocycles. The average Bonchev–Trinajstić information content (AvgIpc) is 2.91. The molecule has 0 saturated carbocycles. The van der Waals surface area contributed by atoms with Gasteiger partial charge < -0.3 is 43.4 Å². The van der Waals surface area contributed by atoms with Crippen LogP contribution in [0.1, 0.15) is 174 Å². The zero-order valence-electron chi connectivity index (χ0n) is 35.0. The van der Waals surface area contributed by atoms with E-state index in [0.29, 0.717) is 25.7 Å². The number of piperidine rings is 2. The maximum absolute atomic E-state index is 11.5. The number of hydrogen-bond acceptors (Lipinski definition) is 8. The molecule has 0 spiro atoms. The summed E-state index contributed by atoms with van der Waals surface area (Å²) in [4.78, 5) is 44.0. The summed E-state index contributed by atoms with van der Waals surface area (Å²) in [6.07, 6.45) is 11.4. The van der Waals surface area contributed by atoms with Crippen molar-refractivity contribution in [1.82, 2.24) is 10.6 Å². The summed E-state index contributed by atoms with van der Waals surface area (Å²) in [5, 5.41) is 43.3. The Labute approximate surface area is 326 Å². The first-order valence-corrected chi connectivity index (χ1v) is 18.8. The predicted molar refractivity (Wildman–Crippen MR) is 202 cm³/mol. The largest absolute Gasteiger partial charge is 2.00 e. The molecule has 0 radical (unpaired) electrons. The van der Waals surface area contributed by atoms with E-state index in [0.717, 1.165) is 77.0 Å². The van der Waals surface area contributed by atoms with Crippen LogP contribution < -0.4 is 10.6 Å². The van der Waals surface area contributed by atoms with Crippen LogP contribution in [0.25, 0.3) is 0 Å². The second-order valence-electron chi connectivity index (χ2n) is 17.2. The van der Waals surface area contributed by atoms with Gasteiger partial charge in [0.2, 0.25) is 0 Å². The third-order valence-corrected chi connectivity index (χ3v) is 9.28. The zero-order valence-corrected chi connectivity index (χ0v) is 34.4. The molecule has 0 aromatic heterocycles. The monoisotopic (exact) mass is 741 g/mol. The topological polar surface area (TPSA) is 192 Å². The number of carboxylic acid groups (broad SMARTS) is 4. The molecule has 12 nitrogen and oxygen atoms in total. The summed E-state index contributed by atoms with van der Waals surface area (Å²) < 4.78 is 11.9. The Kier molecular flexibility index (Phi) is 22.6. The van der Waals surface area contributed by atoms with Crippen molar-refractivity contribution < 1.29 is 51.9 Å². The molecule has 2 unspecified atom stereocenters. The molecule has 2 fully saturated rings. The first-order valence-electron chi connectivity index (χ1n) is 18.8. The van der Waals surface area contributed by atoms with Crippen LogP contribution in [0.3, 0.4) is 0 Å². The van der Waals surface area contributed by atoms with Crippen molar-refractivity contribution in [2.24, 2.45) is 0 Å². The number of unbranched alkanes of at least 4 members (excludes halogenated alkanes) is 8. The molecule has 51 heavy (non-hydrogen) atoms. The fourth-order valence-corrected chi connectivity index (χ4v) is 7.89. The molecular formula is C38H72MgN2O10. The zero-order chi connectivity index (χ0) is 38.2. The standard InChI is InChI=1S/2C19H35NO5.Mg.2H/c2*1-18(2)12-14(13-19(3,4)20-18)25-15(17(23)24)10-8-6-5-7-9-11-16(21)22;;;/h2*14-15,20H,5-13H2,1-4H3,(H,21,22)(H,23,24);;;/q;;+2;2*-1. The quantitative estimate of drug-likeness (QED) is 0.0493. The fourth-order valence-electron chi connectivity index (χ4n) is 7.89. The molecule has 13 heteroatoms. The van der Waals surface area contributed by atoms with Crippen LogP contribution in [0, 0.1) is 0 Å². The van der Waals surface area contributed by atoms with Crippen LogP contribution in [0.5, 0.6) is 0 Å². The van der Waals surface area contributed by atoms with Crippen LogP contribution in [0.2, 0.25) is 0 Å². The Morgan fingerprint density at radius 2 is 0.784 bits per heavy atom. The van der Waals surface area contributed by atoms with Gasteiger partial charge in [-0.3, -0.25) is 9.59 Å². The molecule has 0 bridgehead atoms. The Hall–Kier alpha value is -1.51. The van der Waals surface area contributed by atoms with Gasteiger partial charge in [-0.1, -0.05) is 51.4 Å². The van der Waals surface area contributed by atoms with Crippen molar-refractivity contribution in [1.29, 1.82) is 0 Å². The summed E-state index contributed by atoms with van der Waals surface area (Å²) >= 11 is 0. The van der Waals surface area contributed by atoms with Crippen LogP contribution in [0.4, 0.5) is 0 Å². The Morgan fingerprint density at radius 1 is 0.529 bits per heavy atom. The maximum atomic E-state index is 11.5. The summed E-state index contributed by atoms with van der Waals surface area (Å²) in [6, 6.07) is 0. The average molecular weight is 741 g/mol. The van der Waals surface area contributed by atoms with Crippen molar-refractivity contribution in [3.63, 3.8) is 0 Å². The molecule has 0 amide bonds. The third kappa shape index (κ3) is 23.7. The second kappa shape index (κ2) is 23.3. The van der Waals surface area contributed by atoms with Crippen molar-refractivity contribution in [2.45, 2.75) is 218 Å². The van der Waals surface area contributed by atoms with E-state index in [9.17, 15) is 29.4 Å². The van der Waals surface area contributed by atoms with Gasteiger partial charge >= 0.3 is 46.9 Å². The van der Waals surface area contributed by atoms with Gasteiger partial charge in [-0.25, -0.2) is 9.59 Å². The van der Waals surface area contributed by atoms with Crippen LogP contribution in [-0.4, -0.2) is 114 Å². The van der Waals surface area contributed by atoms with E-state index in [1.165, 1.54) is 0 Å². The number of ether oxygens (including phenoxy) is 2. The summed E-state index contributed by atoms with van der Waals surface area (Å²) in [5.74, 6) is -3.29. The Bertz CT molecular complexity index is 964. The SMILES string of the molecule is CC1(C)CC(OC(CCCCCCCC(=O)O)C(=O)O)CC(C)(C)N1.CC1(C)CC(OC(CCCCCCCC(=O)O)C(=O)O)CC(C)(C)N1.[H-].[H-].[Mg+2]. The van der Waals surface area contributed by atoms with Crippen LogP contribution in [0.15, 0.2) is 0 Å². The first-order chi connectivity index (χ1) is 23.0. The summed E-state index contributed by atoms with van der Waals surface area (Å²) in [5.41, 5.74) is -0.279. The smallest absolute Gasteiger partial charge is 1.00 e. The Balaban J connectivity index is -0.000000893. The van der Waals surface area contributed by atoms with Gasteiger partial charge in [0, 0.05) is 35.0 Å². The van der Waals surface area contributed by atoms with Gasteiger partial charge in [0.05, 0.1) is 12.2 Å². The molecule has 2 aliphatic rings. The van der Waals surface area contributed by atoms with Crippen LogP contribution >= 0.6 is 0 Å². The van der Waals surface area contributed by atoms with Crippen molar-refractivity contribution in [2.75, 3.05) is 0 Å². The minimum atomic E-state index is -0.889. The van der Waals surface area contributed by atoms with Crippen molar-refractivity contribution >= 4 is 46.9 Å². The van der Waals surface area contributed by atoms with E-state index in [2.05, 4.69) is 66.0 Å². The fraction of sp³-hybridized carbons (Fsp3) is 0.895. The second-order valence-corrected chi connectivity index (χ2v) is 17.2. The van der Waals surface area contributed by atoms with Gasteiger partial charge in [-0.2, -0.15) is 0 Å². The summed E-state index contributed by atoms with van der Waals surface area (Å²) in [7, 11) is 0.